The number of anilines is 3. The fourth-order valence-corrected chi connectivity index (χ4v) is 12.0. The van der Waals surface area contributed by atoms with Crippen molar-refractivity contribution >= 4 is 17.1 Å². The van der Waals surface area contributed by atoms with Gasteiger partial charge in [-0.1, -0.05) is 54.6 Å². The molecule has 4 bridgehead atoms. The van der Waals surface area contributed by atoms with Crippen LogP contribution in [0.4, 0.5) is 17.1 Å². The smallest absolute Gasteiger partial charge is 0.188 e. The predicted octanol–water partition coefficient (Wildman–Crippen LogP) is 3.88. The van der Waals surface area contributed by atoms with Crippen LogP contribution in [0, 0.1) is 0 Å². The van der Waals surface area contributed by atoms with Crippen molar-refractivity contribution in [3.63, 3.8) is 0 Å². The molecule has 0 aliphatic carbocycles. The first-order chi connectivity index (χ1) is 19.1. The molecule has 6 nitrogen and oxygen atoms in total. The van der Waals surface area contributed by atoms with E-state index < -0.39 is 0 Å². The Morgan fingerprint density at radius 1 is 0.744 bits per heavy atom. The maximum Gasteiger partial charge on any atom is 0.188 e. The molecule has 1 spiro atoms. The van der Waals surface area contributed by atoms with Crippen molar-refractivity contribution in [1.82, 2.24) is 14.7 Å². The van der Waals surface area contributed by atoms with Gasteiger partial charge in [0.05, 0.1) is 24.4 Å². The molecule has 39 heavy (non-hydrogen) atoms. The van der Waals surface area contributed by atoms with E-state index in [1.165, 1.54) is 30.6 Å². The van der Waals surface area contributed by atoms with Crippen molar-refractivity contribution < 1.29 is 0 Å². The molecule has 0 aromatic heterocycles. The van der Waals surface area contributed by atoms with Gasteiger partial charge in [-0.2, -0.15) is 0 Å². The maximum absolute atomic E-state index is 4.13. The van der Waals surface area contributed by atoms with Crippen LogP contribution in [0.25, 0.3) is 0 Å². The van der Waals surface area contributed by atoms with Crippen LogP contribution in [0.15, 0.2) is 66.7 Å². The first-order valence-electron chi connectivity index (χ1n) is 14.9. The van der Waals surface area contributed by atoms with Crippen molar-refractivity contribution in [1.29, 1.82) is 0 Å². The SMILES string of the molecule is CN1CCC23c4ccccc4NC1C21CCN2CN4c5ccccc5C56CCN(C)C45N(c4c6cccc41)C23. The summed E-state index contributed by atoms with van der Waals surface area (Å²) in [5.74, 6) is -0.187. The molecule has 11 rings (SSSR count). The molecule has 0 saturated carbocycles. The van der Waals surface area contributed by atoms with E-state index in [1.807, 2.05) is 0 Å². The molecule has 8 aliphatic heterocycles. The van der Waals surface area contributed by atoms with E-state index in [2.05, 4.69) is 111 Å². The number of rotatable bonds is 0. The minimum atomic E-state index is -0.187. The van der Waals surface area contributed by atoms with E-state index >= 15 is 0 Å². The first kappa shape index (κ1) is 20.8. The Morgan fingerprint density at radius 2 is 1.51 bits per heavy atom. The van der Waals surface area contributed by atoms with E-state index in [1.54, 1.807) is 27.9 Å². The molecule has 6 unspecified atom stereocenters. The normalized spacial score (nSPS) is 41.6. The third kappa shape index (κ3) is 1.66. The van der Waals surface area contributed by atoms with Gasteiger partial charge in [0, 0.05) is 47.5 Å². The third-order valence-corrected chi connectivity index (χ3v) is 12.9. The van der Waals surface area contributed by atoms with E-state index in [4.69, 9.17) is 0 Å². The minimum Gasteiger partial charge on any atom is -0.369 e. The summed E-state index contributed by atoms with van der Waals surface area (Å²) >= 11 is 0. The highest BCUT2D eigenvalue weighted by Crippen LogP contribution is 2.77. The van der Waals surface area contributed by atoms with E-state index in [-0.39, 0.29) is 22.0 Å². The van der Waals surface area contributed by atoms with E-state index in [9.17, 15) is 0 Å². The Bertz CT molecular complexity index is 1650. The van der Waals surface area contributed by atoms with Crippen LogP contribution < -0.4 is 15.1 Å². The van der Waals surface area contributed by atoms with Crippen molar-refractivity contribution in [3.8, 4) is 0 Å². The summed E-state index contributed by atoms with van der Waals surface area (Å²) in [4.78, 5) is 14.1. The Kier molecular flexibility index (Phi) is 3.20. The van der Waals surface area contributed by atoms with Crippen molar-refractivity contribution in [3.05, 3.63) is 89.0 Å². The van der Waals surface area contributed by atoms with Crippen LogP contribution in [0.2, 0.25) is 0 Å². The Balaban J connectivity index is 1.35. The molecule has 196 valence electrons. The van der Waals surface area contributed by atoms with Crippen molar-refractivity contribution in [2.45, 2.75) is 53.6 Å². The van der Waals surface area contributed by atoms with Crippen LogP contribution in [0.5, 0.6) is 0 Å². The highest BCUT2D eigenvalue weighted by molar-refractivity contribution is 5.88. The quantitative estimate of drug-likeness (QED) is 0.490. The summed E-state index contributed by atoms with van der Waals surface area (Å²) in [7, 11) is 4.78. The largest absolute Gasteiger partial charge is 0.369 e. The van der Waals surface area contributed by atoms with Crippen LogP contribution in [-0.4, -0.2) is 73.2 Å². The molecule has 8 aliphatic rings. The lowest BCUT2D eigenvalue weighted by Gasteiger charge is -2.77. The summed E-state index contributed by atoms with van der Waals surface area (Å²) in [6.07, 6.45) is 4.20. The molecular weight excluding hydrogens is 480 g/mol. The molecule has 0 amide bonds. The second-order valence-corrected chi connectivity index (χ2v) is 13.6. The number of nitrogens with one attached hydrogen (secondary N) is 1. The molecule has 4 fully saturated rings. The summed E-state index contributed by atoms with van der Waals surface area (Å²) < 4.78 is 0. The molecule has 0 radical (unpaired) electrons. The number of hydrogen-bond donors (Lipinski definition) is 1. The lowest BCUT2D eigenvalue weighted by atomic mass is 9.44. The second-order valence-electron chi connectivity index (χ2n) is 13.6. The molecule has 6 atom stereocenters. The maximum atomic E-state index is 4.13. The lowest BCUT2D eigenvalue weighted by Crippen LogP contribution is -2.89. The highest BCUT2D eigenvalue weighted by atomic mass is 15.7. The van der Waals surface area contributed by atoms with Gasteiger partial charge in [-0.15, -0.1) is 0 Å². The fraction of sp³-hybridized carbons (Fsp3) is 0.455. The minimum absolute atomic E-state index is 0.0311. The van der Waals surface area contributed by atoms with Crippen molar-refractivity contribution in [2.75, 3.05) is 55.5 Å². The Morgan fingerprint density at radius 3 is 2.44 bits per heavy atom. The zero-order chi connectivity index (χ0) is 25.5. The molecule has 3 aromatic carbocycles. The van der Waals surface area contributed by atoms with Crippen LogP contribution in [0.3, 0.4) is 0 Å². The highest BCUT2D eigenvalue weighted by Gasteiger charge is 2.84. The number of benzene rings is 3. The zero-order valence-electron chi connectivity index (χ0n) is 22.7. The Labute approximate surface area is 229 Å². The van der Waals surface area contributed by atoms with Crippen LogP contribution in [0.1, 0.15) is 41.5 Å². The molecule has 1 N–H and O–H groups in total. The molecule has 8 heterocycles. The van der Waals surface area contributed by atoms with Crippen LogP contribution >= 0.6 is 0 Å². The second kappa shape index (κ2) is 5.99. The first-order valence-corrected chi connectivity index (χ1v) is 14.9. The van der Waals surface area contributed by atoms with E-state index in [0.717, 1.165) is 26.3 Å². The topological polar surface area (TPSA) is 28.2 Å². The van der Waals surface area contributed by atoms with Gasteiger partial charge in [0.2, 0.25) is 0 Å². The van der Waals surface area contributed by atoms with Gasteiger partial charge in [0.1, 0.15) is 0 Å². The van der Waals surface area contributed by atoms with Gasteiger partial charge in [0.25, 0.3) is 0 Å². The monoisotopic (exact) mass is 514 g/mol. The standard InChI is InChI=1S/C33H34N6/c1-35-17-14-32-21-8-3-5-12-25(21)34-28(35)31(32)16-19-37-20-38-26-13-6-4-9-22(26)30-15-18-36(2)33(30,38)39(29(32)37)27-23(30)10-7-11-24(27)31/h3-13,28-29,34H,14-20H2,1-2H3. The Hall–Kier alpha value is -3.06. The van der Waals surface area contributed by atoms with Crippen molar-refractivity contribution in [2.24, 2.45) is 0 Å². The number of piperidine rings is 2. The van der Waals surface area contributed by atoms with E-state index in [0.29, 0.717) is 12.3 Å². The summed E-state index contributed by atoms with van der Waals surface area (Å²) in [5, 5.41) is 4.13. The number of likely N-dealkylation sites (tertiary alicyclic amines) is 2. The van der Waals surface area contributed by atoms with Gasteiger partial charge < -0.3 is 15.1 Å². The zero-order valence-corrected chi connectivity index (χ0v) is 22.7. The number of nitrogens with zero attached hydrogens (tertiary/aromatic N) is 5. The predicted molar refractivity (Wildman–Crippen MR) is 153 cm³/mol. The van der Waals surface area contributed by atoms with Gasteiger partial charge in [-0.25, -0.2) is 0 Å². The number of para-hydroxylation sites is 3. The van der Waals surface area contributed by atoms with Gasteiger partial charge >= 0.3 is 0 Å². The van der Waals surface area contributed by atoms with Crippen LogP contribution in [-0.2, 0) is 16.2 Å². The number of likely N-dealkylation sites (N-methyl/N-ethyl adjacent to an activating group) is 2. The molecular formula is C33H34N6. The van der Waals surface area contributed by atoms with Gasteiger partial charge in [0.15, 0.2) is 5.79 Å². The van der Waals surface area contributed by atoms with Gasteiger partial charge in [-0.05, 0) is 67.7 Å². The molecule has 6 heteroatoms. The van der Waals surface area contributed by atoms with Gasteiger partial charge in [-0.3, -0.25) is 14.7 Å². The number of hydrogen-bond acceptors (Lipinski definition) is 6. The number of fused-ring (bicyclic) bond motifs is 3. The summed E-state index contributed by atoms with van der Waals surface area (Å²) in [6, 6.07) is 26.2. The molecule has 4 saturated heterocycles. The average molecular weight is 515 g/mol. The third-order valence-electron chi connectivity index (χ3n) is 12.9. The molecule has 3 aromatic rings. The summed E-state index contributed by atoms with van der Waals surface area (Å²) in [5.41, 5.74) is 10.7. The average Bonchev–Trinajstić information content (AvgIpc) is 3.52. The summed E-state index contributed by atoms with van der Waals surface area (Å²) in [6.45, 7) is 4.38. The fourth-order valence-electron chi connectivity index (χ4n) is 12.0. The lowest BCUT2D eigenvalue weighted by molar-refractivity contribution is -0.118.